The Morgan fingerprint density at radius 2 is 1.32 bits per heavy atom. The quantitative estimate of drug-likeness (QED) is 0.515. The highest BCUT2D eigenvalue weighted by Gasteiger charge is 2.37. The minimum absolute atomic E-state index is 0.158. The van der Waals surface area contributed by atoms with E-state index in [1.54, 1.807) is 24.3 Å². The average Bonchev–Trinajstić information content (AvgIpc) is 3.04. The molecule has 2 saturated carbocycles. The Kier molecular flexibility index (Phi) is 6.68. The van der Waals surface area contributed by atoms with E-state index in [1.807, 2.05) is 4.90 Å². The Labute approximate surface area is 182 Å². The summed E-state index contributed by atoms with van der Waals surface area (Å²) in [6, 6.07) is 6.93. The number of amides is 3. The van der Waals surface area contributed by atoms with E-state index in [2.05, 4.69) is 0 Å². The van der Waals surface area contributed by atoms with Crippen LogP contribution in [-0.4, -0.2) is 58.7 Å². The van der Waals surface area contributed by atoms with Crippen molar-refractivity contribution in [3.05, 3.63) is 35.4 Å². The summed E-state index contributed by atoms with van der Waals surface area (Å²) < 4.78 is 5.25. The number of rotatable bonds is 6. The number of carbonyl (C=O) groups is 4. The van der Waals surface area contributed by atoms with Gasteiger partial charge in [-0.25, -0.2) is 0 Å². The van der Waals surface area contributed by atoms with Crippen LogP contribution in [0, 0.1) is 0 Å². The van der Waals surface area contributed by atoms with Crippen LogP contribution in [0.15, 0.2) is 24.3 Å². The van der Waals surface area contributed by atoms with Gasteiger partial charge in [-0.1, -0.05) is 50.7 Å². The largest absolute Gasteiger partial charge is 0.454 e. The number of esters is 1. The van der Waals surface area contributed by atoms with Gasteiger partial charge in [0, 0.05) is 12.1 Å². The van der Waals surface area contributed by atoms with Gasteiger partial charge in [-0.2, -0.15) is 0 Å². The van der Waals surface area contributed by atoms with Crippen molar-refractivity contribution < 1.29 is 23.9 Å². The number of fused-ring (bicyclic) bond motifs is 1. The zero-order chi connectivity index (χ0) is 21.8. The molecular weight excluding hydrogens is 396 g/mol. The lowest BCUT2D eigenvalue weighted by molar-refractivity contribution is -0.155. The van der Waals surface area contributed by atoms with Gasteiger partial charge in [-0.05, 0) is 37.8 Å². The summed E-state index contributed by atoms with van der Waals surface area (Å²) in [6.07, 6.45) is 10.9. The van der Waals surface area contributed by atoms with E-state index in [0.717, 1.165) is 56.3 Å². The van der Waals surface area contributed by atoms with Crippen LogP contribution >= 0.6 is 0 Å². The summed E-state index contributed by atoms with van der Waals surface area (Å²) in [5.41, 5.74) is 0.578. The maximum absolute atomic E-state index is 13.1. The zero-order valence-corrected chi connectivity index (χ0v) is 17.9. The van der Waals surface area contributed by atoms with E-state index in [-0.39, 0.29) is 35.7 Å². The third-order valence-corrected chi connectivity index (χ3v) is 6.75. The number of hydrogen-bond acceptors (Lipinski definition) is 5. The zero-order valence-electron chi connectivity index (χ0n) is 17.9. The Hall–Kier alpha value is -2.70. The maximum Gasteiger partial charge on any atom is 0.326 e. The molecule has 2 fully saturated rings. The second kappa shape index (κ2) is 9.62. The number of benzene rings is 1. The minimum atomic E-state index is -0.741. The highest BCUT2D eigenvalue weighted by Crippen LogP contribution is 2.30. The molecule has 3 aliphatic rings. The maximum atomic E-state index is 13.1. The lowest BCUT2D eigenvalue weighted by Gasteiger charge is -2.41. The topological polar surface area (TPSA) is 84.0 Å². The molecule has 1 heterocycles. The number of nitrogens with zero attached hydrogens (tertiary/aromatic N) is 2. The first-order valence-corrected chi connectivity index (χ1v) is 11.5. The van der Waals surface area contributed by atoms with Crippen LogP contribution in [0.4, 0.5) is 0 Å². The molecule has 4 rings (SSSR count). The van der Waals surface area contributed by atoms with E-state index >= 15 is 0 Å². The van der Waals surface area contributed by atoms with Crippen LogP contribution in [0.2, 0.25) is 0 Å². The summed E-state index contributed by atoms with van der Waals surface area (Å²) >= 11 is 0. The van der Waals surface area contributed by atoms with Crippen molar-refractivity contribution >= 4 is 23.7 Å². The molecule has 1 aromatic rings. The third kappa shape index (κ3) is 4.65. The van der Waals surface area contributed by atoms with Gasteiger partial charge in [-0.3, -0.25) is 24.1 Å². The molecule has 0 atom stereocenters. The minimum Gasteiger partial charge on any atom is -0.454 e. The number of imide groups is 1. The summed E-state index contributed by atoms with van der Waals surface area (Å²) in [7, 11) is 0. The summed E-state index contributed by atoms with van der Waals surface area (Å²) in [5, 5.41) is 0. The van der Waals surface area contributed by atoms with Gasteiger partial charge in [0.25, 0.3) is 17.7 Å². The molecule has 3 amide bonds. The first kappa shape index (κ1) is 21.5. The first-order chi connectivity index (χ1) is 15.1. The molecule has 1 aliphatic heterocycles. The van der Waals surface area contributed by atoms with Gasteiger partial charge in [0.1, 0.15) is 6.54 Å². The van der Waals surface area contributed by atoms with Crippen LogP contribution in [0.1, 0.15) is 84.9 Å². The normalized spacial score (nSPS) is 19.9. The highest BCUT2D eigenvalue weighted by molar-refractivity contribution is 6.22. The molecule has 0 spiro atoms. The second-order valence-corrected chi connectivity index (χ2v) is 8.79. The predicted molar refractivity (Wildman–Crippen MR) is 113 cm³/mol. The first-order valence-electron chi connectivity index (χ1n) is 11.5. The fourth-order valence-electron chi connectivity index (χ4n) is 5.20. The fourth-order valence-corrected chi connectivity index (χ4v) is 5.20. The summed E-state index contributed by atoms with van der Waals surface area (Å²) in [4.78, 5) is 53.2. The number of ether oxygens (including phenoxy) is 1. The van der Waals surface area contributed by atoms with Crippen LogP contribution in [0.3, 0.4) is 0 Å². The lowest BCUT2D eigenvalue weighted by Crippen LogP contribution is -2.50. The molecule has 2 aliphatic carbocycles. The van der Waals surface area contributed by atoms with Crippen LogP contribution < -0.4 is 0 Å². The average molecular weight is 427 g/mol. The molecular formula is C24H30N2O5. The molecule has 7 nitrogen and oxygen atoms in total. The van der Waals surface area contributed by atoms with Crippen molar-refractivity contribution in [3.63, 3.8) is 0 Å². The van der Waals surface area contributed by atoms with Crippen molar-refractivity contribution in [3.8, 4) is 0 Å². The molecule has 0 saturated heterocycles. The number of hydrogen-bond donors (Lipinski definition) is 0. The summed E-state index contributed by atoms with van der Waals surface area (Å²) in [6.45, 7) is -0.818. The molecule has 31 heavy (non-hydrogen) atoms. The predicted octanol–water partition coefficient (Wildman–Crippen LogP) is 3.32. The van der Waals surface area contributed by atoms with Gasteiger partial charge < -0.3 is 9.64 Å². The van der Waals surface area contributed by atoms with Gasteiger partial charge in [0.15, 0.2) is 6.61 Å². The third-order valence-electron chi connectivity index (χ3n) is 6.75. The smallest absolute Gasteiger partial charge is 0.326 e. The van der Waals surface area contributed by atoms with Gasteiger partial charge >= 0.3 is 5.97 Å². The fraction of sp³-hybridized carbons (Fsp3) is 0.583. The number of carbonyl (C=O) groups excluding carboxylic acids is 4. The van der Waals surface area contributed by atoms with E-state index in [1.165, 1.54) is 12.8 Å². The van der Waals surface area contributed by atoms with Crippen LogP contribution in [-0.2, 0) is 14.3 Å². The highest BCUT2D eigenvalue weighted by atomic mass is 16.5. The Morgan fingerprint density at radius 1 is 0.839 bits per heavy atom. The van der Waals surface area contributed by atoms with Crippen molar-refractivity contribution in [2.75, 3.05) is 13.2 Å². The Bertz CT molecular complexity index is 802. The van der Waals surface area contributed by atoms with Crippen molar-refractivity contribution in [2.24, 2.45) is 0 Å². The lowest BCUT2D eigenvalue weighted by atomic mass is 9.88. The van der Waals surface area contributed by atoms with Crippen molar-refractivity contribution in [1.82, 2.24) is 9.80 Å². The molecule has 0 aromatic heterocycles. The molecule has 0 N–H and O–H groups in total. The van der Waals surface area contributed by atoms with E-state index in [0.29, 0.717) is 0 Å². The molecule has 0 radical (unpaired) electrons. The molecule has 1 aromatic carbocycles. The van der Waals surface area contributed by atoms with Crippen molar-refractivity contribution in [1.29, 1.82) is 0 Å². The molecule has 7 heteroatoms. The van der Waals surface area contributed by atoms with Crippen molar-refractivity contribution in [2.45, 2.75) is 76.3 Å². The van der Waals surface area contributed by atoms with E-state index in [9.17, 15) is 19.2 Å². The van der Waals surface area contributed by atoms with Gasteiger partial charge in [-0.15, -0.1) is 0 Å². The van der Waals surface area contributed by atoms with E-state index < -0.39 is 24.3 Å². The standard InChI is InChI=1S/C24H30N2O5/c27-21(26(17-9-3-1-4-10-17)18-11-5-2-6-12-18)16-31-22(28)15-25-23(29)19-13-7-8-14-20(19)24(25)30/h7-8,13-14,17-18H,1-6,9-12,15-16H2. The Balaban J connectivity index is 1.35. The molecule has 166 valence electrons. The van der Waals surface area contributed by atoms with Gasteiger partial charge in [0.05, 0.1) is 11.1 Å². The van der Waals surface area contributed by atoms with Crippen LogP contribution in [0.5, 0.6) is 0 Å². The second-order valence-electron chi connectivity index (χ2n) is 8.79. The monoisotopic (exact) mass is 426 g/mol. The van der Waals surface area contributed by atoms with Gasteiger partial charge in [0.2, 0.25) is 0 Å². The SMILES string of the molecule is O=C(CN1C(=O)c2ccccc2C1=O)OCC(=O)N(C1CCCCC1)C1CCCCC1. The summed E-state index contributed by atoms with van der Waals surface area (Å²) in [5.74, 6) is -1.91. The van der Waals surface area contributed by atoms with Crippen LogP contribution in [0.25, 0.3) is 0 Å². The van der Waals surface area contributed by atoms with E-state index in [4.69, 9.17) is 4.74 Å². The molecule has 0 unspecified atom stereocenters. The molecule has 0 bridgehead atoms. The Morgan fingerprint density at radius 3 is 1.81 bits per heavy atom.